The molecule has 77 heavy (non-hydrogen) atoms. The number of nitrogens with two attached hydrogens (primary N) is 3. The lowest BCUT2D eigenvalue weighted by molar-refractivity contribution is -0.140. The lowest BCUT2D eigenvalue weighted by Gasteiger charge is -2.28. The minimum Gasteiger partial charge on any atom is -0.508 e. The van der Waals surface area contributed by atoms with Crippen molar-refractivity contribution < 1.29 is 63.3 Å². The van der Waals surface area contributed by atoms with Gasteiger partial charge in [0, 0.05) is 37.4 Å². The lowest BCUT2D eigenvalue weighted by atomic mass is 9.97. The van der Waals surface area contributed by atoms with E-state index in [2.05, 4.69) is 47.2 Å². The number of benzene rings is 2. The third kappa shape index (κ3) is 20.0. The number of amides is 9. The van der Waals surface area contributed by atoms with Gasteiger partial charge >= 0.3 is 0 Å². The predicted molar refractivity (Wildman–Crippen MR) is 286 cm³/mol. The summed E-state index contributed by atoms with van der Waals surface area (Å²) in [5.74, 6) is -8.85. The second-order valence-electron chi connectivity index (χ2n) is 18.4. The van der Waals surface area contributed by atoms with Crippen LogP contribution in [0, 0.1) is 5.92 Å². The summed E-state index contributed by atoms with van der Waals surface area (Å²) in [6.07, 6.45) is 1.59. The van der Waals surface area contributed by atoms with Crippen LogP contribution < -0.4 is 54.4 Å². The Kier molecular flexibility index (Phi) is 25.1. The maximum Gasteiger partial charge on any atom is 0.268 e. The molecule has 0 aliphatic carbocycles. The third-order valence-corrected chi connectivity index (χ3v) is 14.9. The van der Waals surface area contributed by atoms with Gasteiger partial charge in [-0.3, -0.25) is 48.1 Å². The van der Waals surface area contributed by atoms with Gasteiger partial charge in [-0.25, -0.2) is 4.99 Å². The molecule has 2 aromatic carbocycles. The monoisotopic (exact) mass is 1110 g/mol. The molecule has 1 fully saturated rings. The summed E-state index contributed by atoms with van der Waals surface area (Å²) in [5.41, 5.74) is 18.2. The van der Waals surface area contributed by atoms with Crippen molar-refractivity contribution >= 4 is 93.2 Å². The van der Waals surface area contributed by atoms with Crippen LogP contribution in [0.4, 0.5) is 0 Å². The van der Waals surface area contributed by atoms with E-state index in [1.807, 2.05) is 0 Å². The van der Waals surface area contributed by atoms with E-state index in [1.54, 1.807) is 13.8 Å². The van der Waals surface area contributed by atoms with Crippen LogP contribution in [-0.4, -0.2) is 177 Å². The zero-order valence-electron chi connectivity index (χ0n) is 42.8. The van der Waals surface area contributed by atoms with Gasteiger partial charge in [-0.1, -0.05) is 66.1 Å². The first-order valence-electron chi connectivity index (χ1n) is 24.8. The van der Waals surface area contributed by atoms with Crippen LogP contribution in [0.2, 0.25) is 0 Å². The Bertz CT molecular complexity index is 2470. The molecule has 4 rings (SSSR count). The van der Waals surface area contributed by atoms with E-state index in [4.69, 9.17) is 17.2 Å². The van der Waals surface area contributed by atoms with Crippen molar-refractivity contribution in [2.45, 2.75) is 120 Å². The van der Waals surface area contributed by atoms with Gasteiger partial charge in [0.1, 0.15) is 60.1 Å². The van der Waals surface area contributed by atoms with Crippen LogP contribution in [0.15, 0.2) is 58.5 Å². The van der Waals surface area contributed by atoms with Crippen molar-refractivity contribution in [3.05, 3.63) is 59.7 Å². The minimum atomic E-state index is -1.76. The maximum absolute atomic E-state index is 14.4. The van der Waals surface area contributed by atoms with E-state index < -0.39 is 120 Å². The van der Waals surface area contributed by atoms with Gasteiger partial charge in [-0.15, -0.1) is 0 Å². The fourth-order valence-corrected chi connectivity index (χ4v) is 10.2. The molecule has 0 aromatic heterocycles. The highest BCUT2D eigenvalue weighted by molar-refractivity contribution is 8.76. The van der Waals surface area contributed by atoms with E-state index in [-0.39, 0.29) is 74.2 Å². The molecule has 2 aliphatic rings. The average molecular weight is 1110 g/mol. The van der Waals surface area contributed by atoms with Gasteiger partial charge in [0.2, 0.25) is 41.4 Å². The van der Waals surface area contributed by atoms with Crippen molar-refractivity contribution in [1.82, 2.24) is 42.1 Å². The second kappa shape index (κ2) is 31.1. The quantitative estimate of drug-likeness (QED) is 0.0329. The number of hydrogen-bond donors (Lipinski definition) is 13. The van der Waals surface area contributed by atoms with E-state index in [0.29, 0.717) is 36.5 Å². The van der Waals surface area contributed by atoms with Crippen LogP contribution in [0.1, 0.15) is 64.0 Å². The zero-order valence-corrected chi connectivity index (χ0v) is 44.5. The molecule has 28 heteroatoms. The van der Waals surface area contributed by atoms with Gasteiger partial charge in [0.25, 0.3) is 11.8 Å². The van der Waals surface area contributed by atoms with Crippen LogP contribution >= 0.6 is 21.6 Å². The highest BCUT2D eigenvalue weighted by Gasteiger charge is 2.38. The van der Waals surface area contributed by atoms with Gasteiger partial charge in [0.15, 0.2) is 5.96 Å². The number of aldehydes is 1. The summed E-state index contributed by atoms with van der Waals surface area (Å²) in [7, 11) is 2.25. The Morgan fingerprint density at radius 1 is 0.753 bits per heavy atom. The largest absolute Gasteiger partial charge is 0.508 e. The number of aromatic hydroxyl groups is 2. The van der Waals surface area contributed by atoms with Gasteiger partial charge in [0.05, 0.1) is 24.9 Å². The Labute approximate surface area is 452 Å². The summed E-state index contributed by atoms with van der Waals surface area (Å²) < 4.78 is 0. The Balaban J connectivity index is 1.73. The number of hydrogen-bond acceptors (Lipinski definition) is 17. The number of phenols is 2. The number of aliphatic imine (C=N–C) groups is 2. The maximum atomic E-state index is 14.4. The SMILES string of the molecule is CC[C@H](C)[C@@H]1NC(=O)[C@H](Cc2ccc(O)cc2)NC(=O)[C@H](CCCN=C(N)N)NC(=O)[C@H](CO)NC(=O)[C@H](Cc2ccc(O)cc2)NC(=O)[C@H](C)NC(=O)[C@@H]2CCCN2C(=O)[C@@H](N)CSSC[C@@H](C=O)NC(=O)C=NC1=O. The predicted octanol–water partition coefficient (Wildman–Crippen LogP) is -3.10. The van der Waals surface area contributed by atoms with Crippen molar-refractivity contribution in [2.75, 3.05) is 31.2 Å². The number of aliphatic hydroxyl groups is 1. The Hall–Kier alpha value is -7.30. The zero-order chi connectivity index (χ0) is 56.8. The number of rotatable bonds is 12. The van der Waals surface area contributed by atoms with E-state index in [9.17, 15) is 63.3 Å². The van der Waals surface area contributed by atoms with Gasteiger partial charge in [-0.2, -0.15) is 0 Å². The molecule has 2 aromatic rings. The molecule has 16 N–H and O–H groups in total. The van der Waals surface area contributed by atoms with Crippen LogP contribution in [0.25, 0.3) is 0 Å². The molecule has 1 saturated heterocycles. The van der Waals surface area contributed by atoms with Crippen molar-refractivity contribution in [3.8, 4) is 11.5 Å². The van der Waals surface area contributed by atoms with E-state index >= 15 is 0 Å². The molecule has 10 atom stereocenters. The smallest absolute Gasteiger partial charge is 0.268 e. The van der Waals surface area contributed by atoms with Gasteiger partial charge < -0.3 is 79.4 Å². The molecule has 26 nitrogen and oxygen atoms in total. The molecular weight excluding hydrogens is 1040 g/mol. The fraction of sp³-hybridized carbons (Fsp3) is 0.510. The van der Waals surface area contributed by atoms with Crippen molar-refractivity contribution in [2.24, 2.45) is 33.1 Å². The molecule has 0 radical (unpaired) electrons. The lowest BCUT2D eigenvalue weighted by Crippen LogP contribution is -2.61. The number of carbonyl (C=O) groups excluding carboxylic acids is 10. The molecule has 420 valence electrons. The molecule has 9 amide bonds. The standard InChI is InChI=1S/C49H69N13O13S2/c1-4-26(2)40-47(74)54-21-39(67)56-30(22-63)24-76-77-25-33(50)48(75)62-18-6-8-38(62)46(73)55-27(3)41(68)58-35(19-28-9-13-31(65)14-10-28)43(70)60-37(23-64)45(72)57-34(7-5-17-53-49(51)52)42(69)59-36(44(71)61-40)20-29-11-15-32(66)16-12-29/h9-16,21-22,26-27,30,33-38,40,64-66H,4-8,17-20,23-25,50H2,1-3H3,(H,55,73)(H,56,67)(H,57,72)(H,58,68)(H,59,69)(H,60,70)(H,61,71)(H4,51,52,53)/t26-,27-,30+,33-,34-,35-,36-,37-,38-,40-/m0/s1. The van der Waals surface area contributed by atoms with Crippen molar-refractivity contribution in [1.29, 1.82) is 0 Å². The number of carbonyl (C=O) groups is 10. The summed E-state index contributed by atoms with van der Waals surface area (Å²) in [4.78, 5) is 145. The molecule has 0 spiro atoms. The number of aliphatic hydroxyl groups excluding tert-OH is 1. The normalized spacial score (nSPS) is 25.9. The fourth-order valence-electron chi connectivity index (χ4n) is 7.91. The molecule has 0 saturated carbocycles. The first-order valence-corrected chi connectivity index (χ1v) is 27.3. The van der Waals surface area contributed by atoms with Crippen LogP contribution in [0.3, 0.4) is 0 Å². The molecule has 2 aliphatic heterocycles. The average Bonchev–Trinajstić information content (AvgIpc) is 3.91. The van der Waals surface area contributed by atoms with Gasteiger partial charge in [-0.05, 0) is 73.9 Å². The summed E-state index contributed by atoms with van der Waals surface area (Å²) in [6, 6.07) is -0.744. The first kappa shape index (κ1) is 62.2. The molecule has 2 heterocycles. The number of guanidine groups is 1. The number of fused-ring (bicyclic) bond motifs is 1. The summed E-state index contributed by atoms with van der Waals surface area (Å²) in [6.45, 7) is 3.87. The van der Waals surface area contributed by atoms with E-state index in [0.717, 1.165) is 21.6 Å². The topological polar surface area (TPSA) is 422 Å². The van der Waals surface area contributed by atoms with Crippen LogP contribution in [0.5, 0.6) is 11.5 Å². The third-order valence-electron chi connectivity index (χ3n) is 12.5. The molecule has 0 bridgehead atoms. The first-order chi connectivity index (χ1) is 36.6. The summed E-state index contributed by atoms with van der Waals surface area (Å²) >= 11 is 0. The number of nitrogens with one attached hydrogen (secondary N) is 7. The Morgan fingerprint density at radius 2 is 1.29 bits per heavy atom. The number of phenolic OH excluding ortho intramolecular Hbond substituents is 2. The highest BCUT2D eigenvalue weighted by Crippen LogP contribution is 2.25. The molecular formula is C49H69N13O13S2. The van der Waals surface area contributed by atoms with Crippen LogP contribution in [-0.2, 0) is 60.8 Å². The van der Waals surface area contributed by atoms with Crippen molar-refractivity contribution in [3.63, 3.8) is 0 Å². The second-order valence-corrected chi connectivity index (χ2v) is 21.0. The Morgan fingerprint density at radius 3 is 1.86 bits per heavy atom. The highest BCUT2D eigenvalue weighted by atomic mass is 33.1. The summed E-state index contributed by atoms with van der Waals surface area (Å²) in [5, 5.41) is 48.2. The number of nitrogens with zero attached hydrogens (tertiary/aromatic N) is 3. The molecule has 0 unspecified atom stereocenters. The minimum absolute atomic E-state index is 0.0112. The van der Waals surface area contributed by atoms with E-state index in [1.165, 1.54) is 60.4 Å².